The van der Waals surface area contributed by atoms with Crippen molar-refractivity contribution in [3.8, 4) is 5.75 Å². The molecule has 6 heteroatoms. The fourth-order valence-corrected chi connectivity index (χ4v) is 4.27. The van der Waals surface area contributed by atoms with Crippen molar-refractivity contribution in [2.24, 2.45) is 5.73 Å². The highest BCUT2D eigenvalue weighted by molar-refractivity contribution is 9.10. The summed E-state index contributed by atoms with van der Waals surface area (Å²) in [5, 5.41) is -0.287. The summed E-state index contributed by atoms with van der Waals surface area (Å²) in [5.41, 5.74) is 6.66. The lowest BCUT2D eigenvalue weighted by Gasteiger charge is -2.29. The third kappa shape index (κ3) is 3.74. The zero-order chi connectivity index (χ0) is 14.8. The molecule has 0 bridgehead atoms. The minimum Gasteiger partial charge on any atom is -0.489 e. The first kappa shape index (κ1) is 15.8. The first-order chi connectivity index (χ1) is 9.41. The zero-order valence-electron chi connectivity index (χ0n) is 11.5. The van der Waals surface area contributed by atoms with Crippen molar-refractivity contribution in [1.82, 2.24) is 0 Å². The van der Waals surface area contributed by atoms with Gasteiger partial charge in [0.2, 0.25) is 0 Å². The van der Waals surface area contributed by atoms with Gasteiger partial charge in [0.05, 0.1) is 9.72 Å². The van der Waals surface area contributed by atoms with E-state index >= 15 is 0 Å². The van der Waals surface area contributed by atoms with Crippen molar-refractivity contribution < 1.29 is 13.2 Å². The molecule has 2 unspecified atom stereocenters. The molecule has 0 spiro atoms. The molecule has 2 N–H and O–H groups in total. The van der Waals surface area contributed by atoms with Crippen molar-refractivity contribution in [2.75, 3.05) is 6.26 Å². The third-order valence-electron chi connectivity index (χ3n) is 3.74. The first-order valence-electron chi connectivity index (χ1n) is 6.74. The van der Waals surface area contributed by atoms with Gasteiger partial charge in [-0.25, -0.2) is 8.42 Å². The molecule has 1 aliphatic carbocycles. The van der Waals surface area contributed by atoms with Gasteiger partial charge in [0.1, 0.15) is 21.7 Å². The SMILES string of the molecule is CS(=O)(=O)C1CCCC(Oc2c(Br)cccc2CN)C1. The smallest absolute Gasteiger partial charge is 0.150 e. The predicted octanol–water partition coefficient (Wildman–Crippen LogP) is 2.64. The topological polar surface area (TPSA) is 69.4 Å². The van der Waals surface area contributed by atoms with Gasteiger partial charge in [-0.15, -0.1) is 0 Å². The van der Waals surface area contributed by atoms with Gasteiger partial charge in [-0.05, 0) is 41.3 Å². The quantitative estimate of drug-likeness (QED) is 0.894. The van der Waals surface area contributed by atoms with E-state index in [2.05, 4.69) is 15.9 Å². The van der Waals surface area contributed by atoms with E-state index in [0.29, 0.717) is 13.0 Å². The molecule has 1 aromatic carbocycles. The number of sulfone groups is 1. The molecule has 0 aromatic heterocycles. The lowest BCUT2D eigenvalue weighted by atomic mass is 9.97. The number of ether oxygens (including phenoxy) is 1. The molecule has 0 saturated heterocycles. The minimum atomic E-state index is -2.99. The molecule has 112 valence electrons. The minimum absolute atomic E-state index is 0.0625. The van der Waals surface area contributed by atoms with Crippen LogP contribution in [0, 0.1) is 0 Å². The van der Waals surface area contributed by atoms with Crippen LogP contribution < -0.4 is 10.5 Å². The van der Waals surface area contributed by atoms with Crippen molar-refractivity contribution in [3.05, 3.63) is 28.2 Å². The van der Waals surface area contributed by atoms with Crippen LogP contribution >= 0.6 is 15.9 Å². The molecule has 0 aliphatic heterocycles. The number of halogens is 1. The highest BCUT2D eigenvalue weighted by Crippen LogP contribution is 2.33. The Morgan fingerprint density at radius 2 is 2.15 bits per heavy atom. The van der Waals surface area contributed by atoms with E-state index in [1.807, 2.05) is 18.2 Å². The van der Waals surface area contributed by atoms with Crippen molar-refractivity contribution in [1.29, 1.82) is 0 Å². The van der Waals surface area contributed by atoms with Gasteiger partial charge in [-0.1, -0.05) is 12.1 Å². The fourth-order valence-electron chi connectivity index (χ4n) is 2.61. The number of para-hydroxylation sites is 1. The van der Waals surface area contributed by atoms with Crippen LogP contribution in [0.4, 0.5) is 0 Å². The van der Waals surface area contributed by atoms with Gasteiger partial charge in [0, 0.05) is 24.8 Å². The van der Waals surface area contributed by atoms with Crippen LogP contribution in [0.25, 0.3) is 0 Å². The number of hydrogen-bond acceptors (Lipinski definition) is 4. The van der Waals surface area contributed by atoms with Crippen LogP contribution in [0.2, 0.25) is 0 Å². The molecule has 0 amide bonds. The molecule has 0 radical (unpaired) electrons. The zero-order valence-corrected chi connectivity index (χ0v) is 13.9. The van der Waals surface area contributed by atoms with E-state index < -0.39 is 9.84 Å². The van der Waals surface area contributed by atoms with Crippen LogP contribution in [-0.4, -0.2) is 26.0 Å². The average molecular weight is 362 g/mol. The molecule has 20 heavy (non-hydrogen) atoms. The van der Waals surface area contributed by atoms with E-state index in [1.54, 1.807) is 0 Å². The summed E-state index contributed by atoms with van der Waals surface area (Å²) >= 11 is 3.47. The molecule has 2 atom stereocenters. The third-order valence-corrected chi connectivity index (χ3v) is 6.00. The van der Waals surface area contributed by atoms with Gasteiger partial charge >= 0.3 is 0 Å². The summed E-state index contributed by atoms with van der Waals surface area (Å²) in [5.74, 6) is 0.745. The van der Waals surface area contributed by atoms with Crippen LogP contribution in [-0.2, 0) is 16.4 Å². The van der Waals surface area contributed by atoms with E-state index in [0.717, 1.165) is 35.0 Å². The second-order valence-electron chi connectivity index (χ2n) is 5.29. The van der Waals surface area contributed by atoms with Crippen molar-refractivity contribution >= 4 is 25.8 Å². The summed E-state index contributed by atoms with van der Waals surface area (Å²) < 4.78 is 30.3. The second-order valence-corrected chi connectivity index (χ2v) is 8.47. The van der Waals surface area contributed by atoms with Crippen LogP contribution in [0.15, 0.2) is 22.7 Å². The molecule has 4 nitrogen and oxygen atoms in total. The summed E-state index contributed by atoms with van der Waals surface area (Å²) in [6.45, 7) is 0.400. The number of rotatable bonds is 4. The molecule has 1 aromatic rings. The summed E-state index contributed by atoms with van der Waals surface area (Å²) in [6, 6.07) is 5.75. The normalized spacial score (nSPS) is 23.6. The highest BCUT2D eigenvalue weighted by Gasteiger charge is 2.30. The summed E-state index contributed by atoms with van der Waals surface area (Å²) in [6.07, 6.45) is 4.31. The number of hydrogen-bond donors (Lipinski definition) is 1. The summed E-state index contributed by atoms with van der Waals surface area (Å²) in [7, 11) is -2.99. The fraction of sp³-hybridized carbons (Fsp3) is 0.571. The van der Waals surface area contributed by atoms with Gasteiger partial charge < -0.3 is 10.5 Å². The maximum absolute atomic E-state index is 11.7. The number of benzene rings is 1. The van der Waals surface area contributed by atoms with E-state index in [1.165, 1.54) is 6.26 Å². The van der Waals surface area contributed by atoms with Crippen molar-refractivity contribution in [3.63, 3.8) is 0 Å². The molecule has 2 rings (SSSR count). The largest absolute Gasteiger partial charge is 0.489 e. The van der Waals surface area contributed by atoms with Gasteiger partial charge in [-0.3, -0.25) is 0 Å². The molecular weight excluding hydrogens is 342 g/mol. The Hall–Kier alpha value is -0.590. The standard InChI is InChI=1S/C14H20BrNO3S/c1-20(17,18)12-6-3-5-11(8-12)19-14-10(9-16)4-2-7-13(14)15/h2,4,7,11-12H,3,5-6,8-9,16H2,1H3. The second kappa shape index (κ2) is 6.45. The van der Waals surface area contributed by atoms with Crippen molar-refractivity contribution in [2.45, 2.75) is 43.6 Å². The Kier molecular flexibility index (Phi) is 5.09. The Labute approximate surface area is 128 Å². The lowest BCUT2D eigenvalue weighted by molar-refractivity contribution is 0.154. The average Bonchev–Trinajstić information content (AvgIpc) is 2.40. The Balaban J connectivity index is 2.14. The first-order valence-corrected chi connectivity index (χ1v) is 9.49. The van der Waals surface area contributed by atoms with Crippen LogP contribution in [0.1, 0.15) is 31.2 Å². The van der Waals surface area contributed by atoms with Gasteiger partial charge in [-0.2, -0.15) is 0 Å². The molecule has 0 heterocycles. The Morgan fingerprint density at radius 1 is 1.40 bits per heavy atom. The Bertz CT molecular complexity index is 574. The molecule has 1 aliphatic rings. The molecular formula is C14H20BrNO3S. The maximum Gasteiger partial charge on any atom is 0.150 e. The number of nitrogens with two attached hydrogens (primary N) is 1. The Morgan fingerprint density at radius 3 is 2.80 bits per heavy atom. The van der Waals surface area contributed by atoms with Gasteiger partial charge in [0.25, 0.3) is 0 Å². The summed E-state index contributed by atoms with van der Waals surface area (Å²) in [4.78, 5) is 0. The molecule has 1 saturated carbocycles. The van der Waals surface area contributed by atoms with Crippen LogP contribution in [0.3, 0.4) is 0 Å². The highest BCUT2D eigenvalue weighted by atomic mass is 79.9. The van der Waals surface area contributed by atoms with Crippen LogP contribution in [0.5, 0.6) is 5.75 Å². The predicted molar refractivity (Wildman–Crippen MR) is 83.5 cm³/mol. The monoisotopic (exact) mass is 361 g/mol. The van der Waals surface area contributed by atoms with E-state index in [-0.39, 0.29) is 11.4 Å². The lowest BCUT2D eigenvalue weighted by Crippen LogP contribution is -2.33. The van der Waals surface area contributed by atoms with Gasteiger partial charge in [0.15, 0.2) is 0 Å². The molecule has 1 fully saturated rings. The van der Waals surface area contributed by atoms with E-state index in [4.69, 9.17) is 10.5 Å². The van der Waals surface area contributed by atoms with E-state index in [9.17, 15) is 8.42 Å². The maximum atomic E-state index is 11.7.